The summed E-state index contributed by atoms with van der Waals surface area (Å²) in [5.74, 6) is 0.311. The summed E-state index contributed by atoms with van der Waals surface area (Å²) in [4.78, 5) is 24.0. The number of halogens is 1. The predicted octanol–water partition coefficient (Wildman–Crippen LogP) is 2.81. The first-order valence-electron chi connectivity index (χ1n) is 6.83. The maximum absolute atomic E-state index is 13.9. The first-order valence-corrected chi connectivity index (χ1v) is 7.71. The van der Waals surface area contributed by atoms with Crippen LogP contribution in [-0.4, -0.2) is 27.0 Å². The molecule has 0 spiro atoms. The number of carbonyl (C=O) groups is 1. The van der Waals surface area contributed by atoms with Crippen molar-refractivity contribution in [1.82, 2.24) is 15.0 Å². The van der Waals surface area contributed by atoms with Crippen LogP contribution in [0.15, 0.2) is 47.6 Å². The maximum atomic E-state index is 13.9. The van der Waals surface area contributed by atoms with Crippen LogP contribution in [0.5, 0.6) is 5.75 Å². The Bertz CT molecular complexity index is 773. The Morgan fingerprint density at radius 3 is 2.91 bits per heavy atom. The van der Waals surface area contributed by atoms with Gasteiger partial charge in [0.1, 0.15) is 18.3 Å². The van der Waals surface area contributed by atoms with Crippen LogP contribution in [0.3, 0.4) is 0 Å². The number of thiazole rings is 1. The average molecular weight is 332 g/mol. The number of amides is 1. The first-order chi connectivity index (χ1) is 11.1. The van der Waals surface area contributed by atoms with E-state index in [9.17, 15) is 9.18 Å². The molecule has 1 aliphatic carbocycles. The van der Waals surface area contributed by atoms with Crippen LogP contribution in [0.1, 0.15) is 12.1 Å². The van der Waals surface area contributed by atoms with Crippen molar-refractivity contribution in [3.8, 4) is 5.75 Å². The van der Waals surface area contributed by atoms with Gasteiger partial charge in [0.2, 0.25) is 0 Å². The zero-order valence-electron chi connectivity index (χ0n) is 12.2. The quantitative estimate of drug-likeness (QED) is 0.931. The van der Waals surface area contributed by atoms with Crippen LogP contribution in [0.25, 0.3) is 0 Å². The minimum Gasteiger partial charge on any atom is -0.458 e. The van der Waals surface area contributed by atoms with Crippen LogP contribution in [0.2, 0.25) is 0 Å². The van der Waals surface area contributed by atoms with Gasteiger partial charge >= 0.3 is 0 Å². The molecule has 23 heavy (non-hydrogen) atoms. The van der Waals surface area contributed by atoms with E-state index in [4.69, 9.17) is 4.74 Å². The molecule has 1 aliphatic rings. The van der Waals surface area contributed by atoms with E-state index in [2.05, 4.69) is 20.3 Å². The summed E-state index contributed by atoms with van der Waals surface area (Å²) in [6.45, 7) is 1.83. The molecule has 2 heterocycles. The van der Waals surface area contributed by atoms with Gasteiger partial charge in [0, 0.05) is 17.4 Å². The van der Waals surface area contributed by atoms with E-state index >= 15 is 0 Å². The SMILES string of the molecule is Cc1csc(NC(=O)C2=CC(F)CC(Oc3cncnc3)=C2)n1. The Hall–Kier alpha value is -2.61. The van der Waals surface area contributed by atoms with E-state index in [1.165, 1.54) is 42.2 Å². The number of aromatic nitrogens is 3. The summed E-state index contributed by atoms with van der Waals surface area (Å²) >= 11 is 1.31. The van der Waals surface area contributed by atoms with Gasteiger partial charge in [-0.1, -0.05) is 0 Å². The molecule has 3 rings (SSSR count). The largest absolute Gasteiger partial charge is 0.458 e. The zero-order valence-corrected chi connectivity index (χ0v) is 13.0. The molecule has 118 valence electrons. The Morgan fingerprint density at radius 1 is 1.43 bits per heavy atom. The normalized spacial score (nSPS) is 17.2. The summed E-state index contributed by atoms with van der Waals surface area (Å²) in [6.07, 6.45) is 5.85. The van der Waals surface area contributed by atoms with E-state index in [0.29, 0.717) is 16.6 Å². The minimum atomic E-state index is -1.29. The molecule has 1 N–H and O–H groups in total. The lowest BCUT2D eigenvalue weighted by Gasteiger charge is -2.16. The highest BCUT2D eigenvalue weighted by atomic mass is 32.1. The molecular weight excluding hydrogens is 319 g/mol. The molecule has 0 saturated heterocycles. The number of carbonyl (C=O) groups excluding carboxylic acids is 1. The van der Waals surface area contributed by atoms with Crippen molar-refractivity contribution in [2.75, 3.05) is 5.32 Å². The first kappa shape index (κ1) is 15.3. The molecule has 1 atom stereocenters. The summed E-state index contributed by atoms with van der Waals surface area (Å²) in [5.41, 5.74) is 1.01. The van der Waals surface area contributed by atoms with Gasteiger partial charge in [0.25, 0.3) is 5.91 Å². The van der Waals surface area contributed by atoms with Crippen LogP contribution >= 0.6 is 11.3 Å². The zero-order chi connectivity index (χ0) is 16.2. The Kier molecular flexibility index (Phi) is 4.42. The topological polar surface area (TPSA) is 77.0 Å². The van der Waals surface area contributed by atoms with E-state index in [0.717, 1.165) is 5.69 Å². The van der Waals surface area contributed by atoms with Crippen molar-refractivity contribution >= 4 is 22.4 Å². The molecule has 0 fully saturated rings. The number of nitrogens with zero attached hydrogens (tertiary/aromatic N) is 3. The lowest BCUT2D eigenvalue weighted by molar-refractivity contribution is -0.112. The van der Waals surface area contributed by atoms with Crippen molar-refractivity contribution in [3.05, 3.63) is 53.3 Å². The molecule has 0 bridgehead atoms. The van der Waals surface area contributed by atoms with Crippen molar-refractivity contribution in [2.24, 2.45) is 0 Å². The highest BCUT2D eigenvalue weighted by molar-refractivity contribution is 7.13. The molecule has 2 aromatic rings. The smallest absolute Gasteiger partial charge is 0.257 e. The number of hydrogen-bond acceptors (Lipinski definition) is 6. The molecule has 6 nitrogen and oxygen atoms in total. The summed E-state index contributed by atoms with van der Waals surface area (Å²) < 4.78 is 19.4. The number of alkyl halides is 1. The summed E-state index contributed by atoms with van der Waals surface area (Å²) in [5, 5.41) is 4.94. The molecule has 8 heteroatoms. The average Bonchev–Trinajstić information content (AvgIpc) is 2.93. The van der Waals surface area contributed by atoms with Crippen molar-refractivity contribution in [2.45, 2.75) is 19.5 Å². The Labute approximate surface area is 135 Å². The van der Waals surface area contributed by atoms with Gasteiger partial charge in [0.15, 0.2) is 10.9 Å². The van der Waals surface area contributed by atoms with Crippen LogP contribution < -0.4 is 10.1 Å². The van der Waals surface area contributed by atoms with Gasteiger partial charge in [-0.25, -0.2) is 19.3 Å². The lowest BCUT2D eigenvalue weighted by atomic mass is 10.0. The molecule has 1 amide bonds. The summed E-state index contributed by atoms with van der Waals surface area (Å²) in [6, 6.07) is 0. The van der Waals surface area contributed by atoms with Gasteiger partial charge in [-0.05, 0) is 19.1 Å². The molecule has 2 aromatic heterocycles. The highest BCUT2D eigenvalue weighted by Crippen LogP contribution is 2.24. The Morgan fingerprint density at radius 2 is 2.22 bits per heavy atom. The van der Waals surface area contributed by atoms with Crippen LogP contribution in [0, 0.1) is 6.92 Å². The Balaban J connectivity index is 1.74. The standard InChI is InChI=1S/C15H13FN4O2S/c1-9-7-23-15(19-9)20-14(21)10-2-11(16)4-12(3-10)22-13-5-17-8-18-6-13/h2-3,5-8,11H,4H2,1H3,(H,19,20,21). The minimum absolute atomic E-state index is 0.0576. The van der Waals surface area contributed by atoms with Gasteiger partial charge < -0.3 is 4.74 Å². The number of nitrogens with one attached hydrogen (secondary N) is 1. The molecule has 0 aromatic carbocycles. The van der Waals surface area contributed by atoms with Gasteiger partial charge in [-0.15, -0.1) is 11.3 Å². The molecular formula is C15H13FN4O2S. The third-order valence-electron chi connectivity index (χ3n) is 2.96. The fourth-order valence-electron chi connectivity index (χ4n) is 2.01. The fourth-order valence-corrected chi connectivity index (χ4v) is 2.69. The number of allylic oxidation sites excluding steroid dienone is 2. The number of hydrogen-bond donors (Lipinski definition) is 1. The predicted molar refractivity (Wildman–Crippen MR) is 83.8 cm³/mol. The molecule has 0 saturated carbocycles. The highest BCUT2D eigenvalue weighted by Gasteiger charge is 2.21. The third-order valence-corrected chi connectivity index (χ3v) is 3.84. The van der Waals surface area contributed by atoms with Gasteiger partial charge in [0.05, 0.1) is 18.1 Å². The second-order valence-electron chi connectivity index (χ2n) is 4.88. The van der Waals surface area contributed by atoms with Crippen LogP contribution in [0.4, 0.5) is 9.52 Å². The molecule has 0 radical (unpaired) electrons. The maximum Gasteiger partial charge on any atom is 0.257 e. The third kappa shape index (κ3) is 3.98. The van der Waals surface area contributed by atoms with E-state index in [1.54, 1.807) is 0 Å². The lowest BCUT2D eigenvalue weighted by Crippen LogP contribution is -2.19. The molecule has 1 unspecified atom stereocenters. The number of ether oxygens (including phenoxy) is 1. The second kappa shape index (κ2) is 6.66. The fraction of sp³-hybridized carbons (Fsp3) is 0.200. The van der Waals surface area contributed by atoms with E-state index < -0.39 is 12.1 Å². The van der Waals surface area contributed by atoms with Gasteiger partial charge in [-0.3, -0.25) is 10.1 Å². The van der Waals surface area contributed by atoms with Crippen molar-refractivity contribution in [3.63, 3.8) is 0 Å². The van der Waals surface area contributed by atoms with E-state index in [-0.39, 0.29) is 12.0 Å². The van der Waals surface area contributed by atoms with Crippen molar-refractivity contribution in [1.29, 1.82) is 0 Å². The molecule has 0 aliphatic heterocycles. The monoisotopic (exact) mass is 332 g/mol. The number of aryl methyl sites for hydroxylation is 1. The van der Waals surface area contributed by atoms with E-state index in [1.807, 2.05) is 12.3 Å². The van der Waals surface area contributed by atoms with Crippen molar-refractivity contribution < 1.29 is 13.9 Å². The second-order valence-corrected chi connectivity index (χ2v) is 5.74. The number of anilines is 1. The van der Waals surface area contributed by atoms with Crippen LogP contribution in [-0.2, 0) is 4.79 Å². The number of rotatable bonds is 4. The summed E-state index contributed by atoms with van der Waals surface area (Å²) in [7, 11) is 0. The van der Waals surface area contributed by atoms with Gasteiger partial charge in [-0.2, -0.15) is 0 Å².